The number of rotatable bonds is 4. The van der Waals surface area contributed by atoms with Gasteiger partial charge in [0.05, 0.1) is 18.8 Å². The van der Waals surface area contributed by atoms with Gasteiger partial charge in [0.2, 0.25) is 0 Å². The Kier molecular flexibility index (Phi) is 4.37. The van der Waals surface area contributed by atoms with E-state index in [1.807, 2.05) is 19.1 Å². The Morgan fingerprint density at radius 1 is 1.22 bits per heavy atom. The molecule has 0 bridgehead atoms. The molecule has 3 atom stereocenters. The van der Waals surface area contributed by atoms with E-state index in [2.05, 4.69) is 17.5 Å². The average Bonchev–Trinajstić information content (AvgIpc) is 3.04. The van der Waals surface area contributed by atoms with Crippen molar-refractivity contribution in [2.45, 2.75) is 32.2 Å². The molecule has 2 aliphatic rings. The molecule has 1 aliphatic carbocycles. The summed E-state index contributed by atoms with van der Waals surface area (Å²) in [6.07, 6.45) is 5.03. The van der Waals surface area contributed by atoms with Crippen LogP contribution in [0.3, 0.4) is 0 Å². The number of hydrogen-bond acceptors (Lipinski definition) is 5. The minimum atomic E-state index is -0.351. The Hall–Kier alpha value is -2.30. The number of benzene rings is 1. The fourth-order valence-corrected chi connectivity index (χ4v) is 3.40. The minimum Gasteiger partial charge on any atom is -0.464 e. The number of allylic oxidation sites excluding steroid dienone is 2. The predicted octanol–water partition coefficient (Wildman–Crippen LogP) is 2.88. The van der Waals surface area contributed by atoms with Gasteiger partial charge in [-0.25, -0.2) is 9.59 Å². The lowest BCUT2D eigenvalue weighted by Gasteiger charge is -2.35. The largest absolute Gasteiger partial charge is 0.464 e. The van der Waals surface area contributed by atoms with Gasteiger partial charge in [0, 0.05) is 17.5 Å². The second-order valence-corrected chi connectivity index (χ2v) is 5.75. The van der Waals surface area contributed by atoms with Crippen LogP contribution in [0.5, 0.6) is 0 Å². The van der Waals surface area contributed by atoms with Gasteiger partial charge in [0.15, 0.2) is 0 Å². The summed E-state index contributed by atoms with van der Waals surface area (Å²) in [4.78, 5) is 24.2. The first-order valence-electron chi connectivity index (χ1n) is 8.06. The molecule has 0 fully saturated rings. The fourth-order valence-electron chi connectivity index (χ4n) is 3.40. The highest BCUT2D eigenvalue weighted by molar-refractivity contribution is 5.91. The van der Waals surface area contributed by atoms with Crippen molar-refractivity contribution in [3.63, 3.8) is 0 Å². The topological polar surface area (TPSA) is 64.6 Å². The highest BCUT2D eigenvalue weighted by Gasteiger charge is 2.41. The summed E-state index contributed by atoms with van der Waals surface area (Å²) in [5.41, 5.74) is 2.46. The molecule has 0 radical (unpaired) electrons. The van der Waals surface area contributed by atoms with Crippen molar-refractivity contribution in [1.82, 2.24) is 0 Å². The van der Waals surface area contributed by atoms with Crippen LogP contribution < -0.4 is 5.32 Å². The standard InChI is InChI=1S/C18H21NO4/c1-3-22-17(20)11-8-9-15-14(10-11)12-6-5-7-13(12)16(19-15)18(21)23-4-2/h5-6,8-10,12-13,16,19H,3-4,7H2,1-2H3/t12-,13+,16+/m0/s1. The minimum absolute atomic E-state index is 0.120. The van der Waals surface area contributed by atoms with Gasteiger partial charge in [-0.3, -0.25) is 0 Å². The van der Waals surface area contributed by atoms with Gasteiger partial charge in [0.1, 0.15) is 6.04 Å². The summed E-state index contributed by atoms with van der Waals surface area (Å²) >= 11 is 0. The summed E-state index contributed by atoms with van der Waals surface area (Å²) in [7, 11) is 0. The van der Waals surface area contributed by atoms with Gasteiger partial charge in [-0.05, 0) is 44.0 Å². The van der Waals surface area contributed by atoms with Crippen LogP contribution in [-0.4, -0.2) is 31.2 Å². The number of carbonyl (C=O) groups is 2. The Bertz CT molecular complexity index is 652. The Morgan fingerprint density at radius 2 is 2.00 bits per heavy atom. The second-order valence-electron chi connectivity index (χ2n) is 5.75. The first-order valence-corrected chi connectivity index (χ1v) is 8.06. The highest BCUT2D eigenvalue weighted by atomic mass is 16.5. The SMILES string of the molecule is CCOC(=O)c1ccc2c(c1)[C@H]1C=CC[C@H]1[C@H](C(=O)OCC)N2. The van der Waals surface area contributed by atoms with Crippen molar-refractivity contribution in [2.75, 3.05) is 18.5 Å². The number of nitrogens with one attached hydrogen (secondary N) is 1. The van der Waals surface area contributed by atoms with Gasteiger partial charge in [-0.15, -0.1) is 0 Å². The summed E-state index contributed by atoms with van der Waals surface area (Å²) in [6.45, 7) is 4.32. The lowest BCUT2D eigenvalue weighted by molar-refractivity contribution is -0.145. The maximum absolute atomic E-state index is 12.2. The lowest BCUT2D eigenvalue weighted by atomic mass is 9.79. The maximum Gasteiger partial charge on any atom is 0.338 e. The fraction of sp³-hybridized carbons (Fsp3) is 0.444. The predicted molar refractivity (Wildman–Crippen MR) is 86.4 cm³/mol. The van der Waals surface area contributed by atoms with Crippen molar-refractivity contribution >= 4 is 17.6 Å². The van der Waals surface area contributed by atoms with E-state index in [4.69, 9.17) is 9.47 Å². The smallest absolute Gasteiger partial charge is 0.338 e. The third-order valence-electron chi connectivity index (χ3n) is 4.41. The van der Waals surface area contributed by atoms with E-state index in [-0.39, 0.29) is 29.8 Å². The van der Waals surface area contributed by atoms with E-state index in [1.165, 1.54) is 0 Å². The van der Waals surface area contributed by atoms with E-state index >= 15 is 0 Å². The molecule has 1 aromatic carbocycles. The van der Waals surface area contributed by atoms with E-state index in [1.54, 1.807) is 13.0 Å². The van der Waals surface area contributed by atoms with Gasteiger partial charge in [-0.2, -0.15) is 0 Å². The molecule has 0 aromatic heterocycles. The molecule has 0 amide bonds. The molecule has 1 N–H and O–H groups in total. The molecule has 3 rings (SSSR count). The zero-order chi connectivity index (χ0) is 16.4. The van der Waals surface area contributed by atoms with Gasteiger partial charge in [-0.1, -0.05) is 12.2 Å². The number of carbonyl (C=O) groups excluding carboxylic acids is 2. The molecule has 0 unspecified atom stereocenters. The normalized spacial score (nSPS) is 24.3. The first kappa shape index (κ1) is 15.6. The van der Waals surface area contributed by atoms with Crippen LogP contribution in [0.2, 0.25) is 0 Å². The van der Waals surface area contributed by atoms with Crippen LogP contribution in [0.4, 0.5) is 5.69 Å². The van der Waals surface area contributed by atoms with Crippen LogP contribution in [0, 0.1) is 5.92 Å². The summed E-state index contributed by atoms with van der Waals surface area (Å²) in [5.74, 6) is -0.290. The molecule has 1 aliphatic heterocycles. The monoisotopic (exact) mass is 315 g/mol. The third-order valence-corrected chi connectivity index (χ3v) is 4.41. The molecule has 0 saturated heterocycles. The zero-order valence-electron chi connectivity index (χ0n) is 13.4. The van der Waals surface area contributed by atoms with Crippen molar-refractivity contribution in [1.29, 1.82) is 0 Å². The van der Waals surface area contributed by atoms with Crippen LogP contribution in [0.25, 0.3) is 0 Å². The van der Waals surface area contributed by atoms with Gasteiger partial charge < -0.3 is 14.8 Å². The molecule has 1 heterocycles. The van der Waals surface area contributed by atoms with E-state index in [9.17, 15) is 9.59 Å². The van der Waals surface area contributed by atoms with Crippen molar-refractivity contribution in [2.24, 2.45) is 5.92 Å². The van der Waals surface area contributed by atoms with Gasteiger partial charge >= 0.3 is 11.9 Å². The Balaban J connectivity index is 1.93. The Morgan fingerprint density at radius 3 is 2.74 bits per heavy atom. The Labute approximate surface area is 135 Å². The molecular weight excluding hydrogens is 294 g/mol. The quantitative estimate of drug-likeness (QED) is 0.683. The lowest BCUT2D eigenvalue weighted by Crippen LogP contribution is -2.43. The summed E-state index contributed by atoms with van der Waals surface area (Å²) in [5, 5.41) is 3.28. The van der Waals surface area contributed by atoms with Gasteiger partial charge in [0.25, 0.3) is 0 Å². The molecule has 23 heavy (non-hydrogen) atoms. The van der Waals surface area contributed by atoms with Crippen molar-refractivity contribution in [3.05, 3.63) is 41.5 Å². The summed E-state index contributed by atoms with van der Waals surface area (Å²) < 4.78 is 10.3. The highest BCUT2D eigenvalue weighted by Crippen LogP contribution is 2.45. The molecule has 122 valence electrons. The van der Waals surface area contributed by atoms with Crippen LogP contribution in [0.1, 0.15) is 42.1 Å². The summed E-state index contributed by atoms with van der Waals surface area (Å²) in [6, 6.07) is 5.09. The van der Waals surface area contributed by atoms with Crippen LogP contribution in [0.15, 0.2) is 30.4 Å². The van der Waals surface area contributed by atoms with Crippen molar-refractivity contribution in [3.8, 4) is 0 Å². The maximum atomic E-state index is 12.2. The number of esters is 2. The number of fused-ring (bicyclic) bond motifs is 3. The van der Waals surface area contributed by atoms with Crippen LogP contribution >= 0.6 is 0 Å². The van der Waals surface area contributed by atoms with Crippen molar-refractivity contribution < 1.29 is 19.1 Å². The van der Waals surface area contributed by atoms with E-state index in [0.29, 0.717) is 18.8 Å². The molecule has 0 spiro atoms. The molecule has 5 nitrogen and oxygen atoms in total. The molecule has 5 heteroatoms. The average molecular weight is 315 g/mol. The number of hydrogen-bond donors (Lipinski definition) is 1. The van der Waals surface area contributed by atoms with Crippen LogP contribution in [-0.2, 0) is 14.3 Å². The van der Waals surface area contributed by atoms with E-state index in [0.717, 1.165) is 17.7 Å². The second kappa shape index (κ2) is 6.44. The molecule has 0 saturated carbocycles. The number of ether oxygens (including phenoxy) is 2. The first-order chi connectivity index (χ1) is 11.2. The molecule has 1 aromatic rings. The third kappa shape index (κ3) is 2.83. The zero-order valence-corrected chi connectivity index (χ0v) is 13.4. The van der Waals surface area contributed by atoms with E-state index < -0.39 is 0 Å². The molecular formula is C18H21NO4. The number of anilines is 1.